The van der Waals surface area contributed by atoms with Crippen molar-refractivity contribution < 1.29 is 37.6 Å². The molecule has 85 heavy (non-hydrogen) atoms. The van der Waals surface area contributed by atoms with E-state index in [9.17, 15) is 19.0 Å². The average Bonchev–Trinajstić information content (AvgIpc) is 3.52. The van der Waals surface area contributed by atoms with Crippen molar-refractivity contribution in [1.29, 1.82) is 0 Å². The van der Waals surface area contributed by atoms with Crippen molar-refractivity contribution in [2.24, 2.45) is 5.73 Å². The lowest BCUT2D eigenvalue weighted by Gasteiger charge is -2.19. The maximum atomic E-state index is 12.8. The zero-order chi connectivity index (χ0) is 61.6. The first kappa shape index (κ1) is 82.7. The van der Waals surface area contributed by atoms with Crippen LogP contribution in [0.3, 0.4) is 0 Å². The van der Waals surface area contributed by atoms with Crippen LogP contribution in [0.25, 0.3) is 0 Å². The van der Waals surface area contributed by atoms with E-state index in [2.05, 4.69) is 74.6 Å². The van der Waals surface area contributed by atoms with Crippen molar-refractivity contribution in [3.63, 3.8) is 0 Å². The maximum absolute atomic E-state index is 12.8. The molecule has 0 aliphatic heterocycles. The van der Waals surface area contributed by atoms with Gasteiger partial charge in [-0.05, 0) is 83.5 Å². The highest BCUT2D eigenvalue weighted by atomic mass is 31.2. The normalized spacial score (nSPS) is 13.2. The molecule has 0 rings (SSSR count). The van der Waals surface area contributed by atoms with E-state index in [0.29, 0.717) is 6.42 Å². The smallest absolute Gasteiger partial charge is 0.462 e. The second-order valence-corrected chi connectivity index (χ2v) is 26.3. The fourth-order valence-electron chi connectivity index (χ4n) is 10.9. The molecule has 0 radical (unpaired) electrons. The second kappa shape index (κ2) is 70.8. The summed E-state index contributed by atoms with van der Waals surface area (Å²) in [5.41, 5.74) is 5.40. The summed E-state index contributed by atoms with van der Waals surface area (Å²) in [5, 5.41) is 0. The van der Waals surface area contributed by atoms with Crippen LogP contribution in [-0.2, 0) is 32.7 Å². The molecule has 0 aliphatic carbocycles. The van der Waals surface area contributed by atoms with E-state index >= 15 is 0 Å². The van der Waals surface area contributed by atoms with E-state index in [-0.39, 0.29) is 38.6 Å². The highest BCUT2D eigenvalue weighted by Crippen LogP contribution is 2.43. The lowest BCUT2D eigenvalue weighted by atomic mass is 10.0. The third kappa shape index (κ3) is 70.7. The number of phosphoric ester groups is 1. The Morgan fingerprint density at radius 2 is 0.612 bits per heavy atom. The summed E-state index contributed by atoms with van der Waals surface area (Å²) < 4.78 is 33.2. The van der Waals surface area contributed by atoms with Gasteiger partial charge < -0.3 is 20.1 Å². The molecule has 0 fully saturated rings. The van der Waals surface area contributed by atoms with Crippen molar-refractivity contribution >= 4 is 19.8 Å². The Morgan fingerprint density at radius 3 is 0.906 bits per heavy atom. The van der Waals surface area contributed by atoms with Gasteiger partial charge in [0.25, 0.3) is 0 Å². The van der Waals surface area contributed by atoms with E-state index in [1.54, 1.807) is 0 Å². The van der Waals surface area contributed by atoms with Gasteiger partial charge in [-0.2, -0.15) is 0 Å². The Hall–Kier alpha value is -2.29. The van der Waals surface area contributed by atoms with Gasteiger partial charge in [0.15, 0.2) is 6.10 Å². The van der Waals surface area contributed by atoms with Gasteiger partial charge in [-0.25, -0.2) is 4.57 Å². The van der Waals surface area contributed by atoms with Crippen LogP contribution in [0.15, 0.2) is 60.8 Å². The van der Waals surface area contributed by atoms with Gasteiger partial charge in [0.05, 0.1) is 13.2 Å². The minimum absolute atomic E-state index is 0.0541. The standard InChI is InChI=1S/C75H140NO8P/c1-3-5-7-9-11-13-15-17-19-21-23-25-27-28-29-30-31-32-33-34-35-36-37-38-39-40-41-42-43-44-46-48-50-52-54-56-58-60-62-64-66-68-75(78)84-73(72-83-85(79,80)82-70-69-76)71-81-74(77)67-65-63-61-59-57-55-53-51-49-47-45-26-24-22-20-18-16-14-12-10-8-6-4-2/h15-18,21-24,27-28,73H,3-14,19-20,25-26,29-72,76H2,1-2H3,(H,79,80)/b17-15-,18-16-,23-21-,24-22-,28-27-. The summed E-state index contributed by atoms with van der Waals surface area (Å²) in [6, 6.07) is 0. The van der Waals surface area contributed by atoms with Gasteiger partial charge in [-0.15, -0.1) is 0 Å². The fourth-order valence-corrected chi connectivity index (χ4v) is 11.7. The summed E-state index contributed by atoms with van der Waals surface area (Å²) in [4.78, 5) is 35.4. The van der Waals surface area contributed by atoms with E-state index in [0.717, 1.165) is 51.4 Å². The van der Waals surface area contributed by atoms with Gasteiger partial charge in [-0.1, -0.05) is 338 Å². The number of phosphoric acid groups is 1. The quantitative estimate of drug-likeness (QED) is 0.0264. The molecule has 0 saturated carbocycles. The number of carbonyl (C=O) groups is 2. The molecule has 0 amide bonds. The van der Waals surface area contributed by atoms with E-state index in [1.807, 2.05) is 0 Å². The Bertz CT molecular complexity index is 1580. The van der Waals surface area contributed by atoms with E-state index in [4.69, 9.17) is 24.3 Å². The number of unbranched alkanes of at least 4 members (excludes halogenated alkanes) is 47. The first-order valence-electron chi connectivity index (χ1n) is 36.8. The molecule has 3 N–H and O–H groups in total. The Morgan fingerprint density at radius 1 is 0.353 bits per heavy atom. The number of rotatable bonds is 70. The summed E-state index contributed by atoms with van der Waals surface area (Å²) >= 11 is 0. The third-order valence-corrected chi connectivity index (χ3v) is 17.4. The van der Waals surface area contributed by atoms with Gasteiger partial charge in [0.2, 0.25) is 0 Å². The first-order chi connectivity index (χ1) is 41.8. The number of hydrogen-bond acceptors (Lipinski definition) is 8. The largest absolute Gasteiger partial charge is 0.472 e. The molecule has 0 aromatic heterocycles. The molecule has 10 heteroatoms. The molecule has 0 heterocycles. The molecule has 0 bridgehead atoms. The topological polar surface area (TPSA) is 134 Å². The van der Waals surface area contributed by atoms with Crippen LogP contribution < -0.4 is 5.73 Å². The summed E-state index contributed by atoms with van der Waals surface area (Å²) in [6.07, 6.45) is 92.0. The molecular formula is C75H140NO8P. The number of allylic oxidation sites excluding steroid dienone is 10. The monoisotopic (exact) mass is 1210 g/mol. The zero-order valence-electron chi connectivity index (χ0n) is 56.1. The highest BCUT2D eigenvalue weighted by Gasteiger charge is 2.26. The second-order valence-electron chi connectivity index (χ2n) is 24.8. The summed E-state index contributed by atoms with van der Waals surface area (Å²) in [6.45, 7) is 3.78. The minimum atomic E-state index is -4.39. The van der Waals surface area contributed by atoms with Crippen molar-refractivity contribution in [3.05, 3.63) is 60.8 Å². The Labute approximate surface area is 527 Å². The van der Waals surface area contributed by atoms with Crippen LogP contribution >= 0.6 is 7.82 Å². The van der Waals surface area contributed by atoms with E-state index in [1.165, 1.54) is 289 Å². The van der Waals surface area contributed by atoms with Crippen LogP contribution in [0.2, 0.25) is 0 Å². The molecule has 0 aliphatic rings. The van der Waals surface area contributed by atoms with Gasteiger partial charge in [0.1, 0.15) is 6.61 Å². The predicted octanol–water partition coefficient (Wildman–Crippen LogP) is 24.2. The molecule has 498 valence electrons. The molecule has 2 atom stereocenters. The van der Waals surface area contributed by atoms with Gasteiger partial charge in [0, 0.05) is 19.4 Å². The van der Waals surface area contributed by atoms with Crippen LogP contribution in [0.1, 0.15) is 373 Å². The van der Waals surface area contributed by atoms with Crippen LogP contribution in [0.4, 0.5) is 0 Å². The summed E-state index contributed by atoms with van der Waals surface area (Å²) in [7, 11) is -4.39. The van der Waals surface area contributed by atoms with Crippen LogP contribution in [-0.4, -0.2) is 49.3 Å². The third-order valence-electron chi connectivity index (χ3n) is 16.4. The molecule has 0 aromatic rings. The van der Waals surface area contributed by atoms with Crippen LogP contribution in [0, 0.1) is 0 Å². The highest BCUT2D eigenvalue weighted by molar-refractivity contribution is 7.47. The predicted molar refractivity (Wildman–Crippen MR) is 367 cm³/mol. The maximum Gasteiger partial charge on any atom is 0.472 e. The molecule has 9 nitrogen and oxygen atoms in total. The lowest BCUT2D eigenvalue weighted by molar-refractivity contribution is -0.161. The number of nitrogens with two attached hydrogens (primary N) is 1. The molecular weight excluding hydrogens is 1070 g/mol. The summed E-state index contributed by atoms with van der Waals surface area (Å²) in [5.74, 6) is -0.812. The minimum Gasteiger partial charge on any atom is -0.462 e. The molecule has 0 saturated heterocycles. The Balaban J connectivity index is 3.77. The fraction of sp³-hybridized carbons (Fsp3) is 0.840. The Kier molecular flexibility index (Phi) is 68.9. The van der Waals surface area contributed by atoms with Crippen molar-refractivity contribution in [1.82, 2.24) is 0 Å². The number of carbonyl (C=O) groups excluding carboxylic acids is 2. The van der Waals surface area contributed by atoms with Gasteiger partial charge >= 0.3 is 19.8 Å². The van der Waals surface area contributed by atoms with E-state index < -0.39 is 26.5 Å². The number of hydrogen-bond donors (Lipinski definition) is 2. The van der Waals surface area contributed by atoms with Crippen molar-refractivity contribution in [2.75, 3.05) is 26.4 Å². The molecule has 0 spiro atoms. The van der Waals surface area contributed by atoms with Gasteiger partial charge in [-0.3, -0.25) is 18.6 Å². The average molecular weight is 1210 g/mol. The van der Waals surface area contributed by atoms with Crippen molar-refractivity contribution in [3.8, 4) is 0 Å². The number of esters is 2. The SMILES string of the molecule is CCCCCCC/C=C\C/C=C\C/C=C\CCCCCCCCCCCCCCCCCCCCCCCCCCCCC(=O)OC(COC(=O)CCCCCCCCCCCCC/C=C\C/C=C\CCCCCCC)COP(=O)(O)OCCN. The number of ether oxygens (including phenoxy) is 2. The lowest BCUT2D eigenvalue weighted by Crippen LogP contribution is -2.29. The molecule has 0 aromatic carbocycles. The van der Waals surface area contributed by atoms with Crippen molar-refractivity contribution in [2.45, 2.75) is 380 Å². The molecule has 2 unspecified atom stereocenters. The zero-order valence-corrected chi connectivity index (χ0v) is 57.0. The first-order valence-corrected chi connectivity index (χ1v) is 38.3. The van der Waals surface area contributed by atoms with Crippen LogP contribution in [0.5, 0.6) is 0 Å².